The summed E-state index contributed by atoms with van der Waals surface area (Å²) in [5.41, 5.74) is 0. The predicted octanol–water partition coefficient (Wildman–Crippen LogP) is 3.34. The fourth-order valence-electron chi connectivity index (χ4n) is 2.96. The lowest BCUT2D eigenvalue weighted by Crippen LogP contribution is -2.41. The molecular formula is C15H25NOS. The maximum Gasteiger partial charge on any atom is 0.0477 e. The summed E-state index contributed by atoms with van der Waals surface area (Å²) in [7, 11) is 0. The molecule has 1 fully saturated rings. The van der Waals surface area contributed by atoms with Crippen LogP contribution in [0, 0.1) is 5.92 Å². The van der Waals surface area contributed by atoms with E-state index >= 15 is 0 Å². The van der Waals surface area contributed by atoms with E-state index in [1.807, 2.05) is 11.3 Å². The molecule has 102 valence electrons. The molecule has 2 atom stereocenters. The van der Waals surface area contributed by atoms with Gasteiger partial charge in [0.1, 0.15) is 0 Å². The van der Waals surface area contributed by atoms with Gasteiger partial charge >= 0.3 is 0 Å². The highest BCUT2D eigenvalue weighted by molar-refractivity contribution is 7.10. The van der Waals surface area contributed by atoms with Crippen LogP contribution in [-0.4, -0.2) is 36.2 Å². The molecule has 1 aliphatic heterocycles. The number of thiophene rings is 1. The normalized spacial score (nSPS) is 25.4. The third-order valence-electron chi connectivity index (χ3n) is 4.04. The monoisotopic (exact) mass is 267 g/mol. The van der Waals surface area contributed by atoms with E-state index in [0.717, 1.165) is 6.54 Å². The first-order valence-corrected chi connectivity index (χ1v) is 8.09. The average molecular weight is 267 g/mol. The van der Waals surface area contributed by atoms with Gasteiger partial charge in [0, 0.05) is 29.9 Å². The number of hydrogen-bond donors (Lipinski definition) is 1. The van der Waals surface area contributed by atoms with E-state index in [4.69, 9.17) is 0 Å². The number of piperidine rings is 1. The molecule has 2 heterocycles. The van der Waals surface area contributed by atoms with Gasteiger partial charge < -0.3 is 10.0 Å². The topological polar surface area (TPSA) is 23.5 Å². The average Bonchev–Trinajstić information content (AvgIpc) is 2.92. The van der Waals surface area contributed by atoms with Crippen LogP contribution in [-0.2, 0) is 0 Å². The second kappa shape index (κ2) is 7.27. The van der Waals surface area contributed by atoms with Crippen molar-refractivity contribution in [3.8, 4) is 0 Å². The third-order valence-corrected chi connectivity index (χ3v) is 5.04. The molecule has 0 aliphatic carbocycles. The Morgan fingerprint density at radius 1 is 1.44 bits per heavy atom. The lowest BCUT2D eigenvalue weighted by atomic mass is 9.85. The Labute approximate surface area is 115 Å². The van der Waals surface area contributed by atoms with E-state index in [1.165, 1.54) is 43.6 Å². The maximum atomic E-state index is 9.63. The van der Waals surface area contributed by atoms with Crippen LogP contribution in [0.4, 0.5) is 0 Å². The van der Waals surface area contributed by atoms with Gasteiger partial charge in [-0.3, -0.25) is 0 Å². The predicted molar refractivity (Wildman–Crippen MR) is 78.2 cm³/mol. The Hall–Kier alpha value is -0.380. The van der Waals surface area contributed by atoms with Gasteiger partial charge in [-0.1, -0.05) is 25.8 Å². The number of nitrogens with zero attached hydrogens (tertiary/aromatic N) is 1. The van der Waals surface area contributed by atoms with Gasteiger partial charge in [0.15, 0.2) is 0 Å². The molecule has 0 saturated carbocycles. The number of aliphatic hydroxyl groups excluding tert-OH is 1. The summed E-state index contributed by atoms with van der Waals surface area (Å²) in [6.07, 6.45) is 5.12. The Kier molecular flexibility index (Phi) is 5.67. The standard InChI is InChI=1S/C15H25NOS/c1-2-3-4-8-16-9-7-14(13(11-16)12-17)15-6-5-10-18-15/h5-6,10,13-14,17H,2-4,7-9,11-12H2,1H3. The first kappa shape index (κ1) is 14.0. The third kappa shape index (κ3) is 3.56. The van der Waals surface area contributed by atoms with Gasteiger partial charge in [-0.25, -0.2) is 0 Å². The molecule has 0 radical (unpaired) electrons. The van der Waals surface area contributed by atoms with Crippen LogP contribution in [0.25, 0.3) is 0 Å². The van der Waals surface area contributed by atoms with Crippen LogP contribution < -0.4 is 0 Å². The number of unbranched alkanes of at least 4 members (excludes halogenated alkanes) is 2. The number of likely N-dealkylation sites (tertiary alicyclic amines) is 1. The summed E-state index contributed by atoms with van der Waals surface area (Å²) in [5, 5.41) is 11.8. The summed E-state index contributed by atoms with van der Waals surface area (Å²) in [6, 6.07) is 4.35. The van der Waals surface area contributed by atoms with Gasteiger partial charge in [0.25, 0.3) is 0 Å². The molecule has 1 aromatic rings. The van der Waals surface area contributed by atoms with Crippen LogP contribution in [0.2, 0.25) is 0 Å². The molecule has 0 amide bonds. The van der Waals surface area contributed by atoms with E-state index in [2.05, 4.69) is 29.3 Å². The molecule has 3 heteroatoms. The lowest BCUT2D eigenvalue weighted by molar-refractivity contribution is 0.102. The Balaban J connectivity index is 1.87. The molecule has 1 aliphatic rings. The van der Waals surface area contributed by atoms with Crippen LogP contribution >= 0.6 is 11.3 Å². The highest BCUT2D eigenvalue weighted by Gasteiger charge is 2.30. The number of hydrogen-bond acceptors (Lipinski definition) is 3. The van der Waals surface area contributed by atoms with Crippen LogP contribution in [0.3, 0.4) is 0 Å². The van der Waals surface area contributed by atoms with Crippen molar-refractivity contribution in [3.05, 3.63) is 22.4 Å². The zero-order valence-corrected chi connectivity index (χ0v) is 12.2. The molecule has 1 N–H and O–H groups in total. The van der Waals surface area contributed by atoms with E-state index < -0.39 is 0 Å². The quantitative estimate of drug-likeness (QED) is 0.799. The molecule has 1 aromatic heterocycles. The van der Waals surface area contributed by atoms with Crippen LogP contribution in [0.5, 0.6) is 0 Å². The minimum atomic E-state index is 0.326. The molecule has 2 unspecified atom stereocenters. The number of rotatable bonds is 6. The fourth-order valence-corrected chi connectivity index (χ4v) is 3.91. The summed E-state index contributed by atoms with van der Waals surface area (Å²) in [6.45, 7) is 6.06. The van der Waals surface area contributed by atoms with Crippen LogP contribution in [0.15, 0.2) is 17.5 Å². The Bertz CT molecular complexity index is 325. The Morgan fingerprint density at radius 2 is 2.33 bits per heavy atom. The summed E-state index contributed by atoms with van der Waals surface area (Å²) in [5.74, 6) is 1.01. The summed E-state index contributed by atoms with van der Waals surface area (Å²) < 4.78 is 0. The van der Waals surface area contributed by atoms with Crippen molar-refractivity contribution in [1.29, 1.82) is 0 Å². The molecular weight excluding hydrogens is 242 g/mol. The first-order chi connectivity index (χ1) is 8.85. The SMILES string of the molecule is CCCCCN1CCC(c2cccs2)C(CO)C1. The zero-order chi connectivity index (χ0) is 12.8. The second-order valence-electron chi connectivity index (χ2n) is 5.36. The molecule has 0 aromatic carbocycles. The maximum absolute atomic E-state index is 9.63. The summed E-state index contributed by atoms with van der Waals surface area (Å²) >= 11 is 1.84. The van der Waals surface area contributed by atoms with E-state index in [0.29, 0.717) is 18.4 Å². The molecule has 18 heavy (non-hydrogen) atoms. The van der Waals surface area contributed by atoms with Crippen molar-refractivity contribution in [2.24, 2.45) is 5.92 Å². The molecule has 0 spiro atoms. The largest absolute Gasteiger partial charge is 0.396 e. The first-order valence-electron chi connectivity index (χ1n) is 7.21. The van der Waals surface area contributed by atoms with E-state index in [9.17, 15) is 5.11 Å². The van der Waals surface area contributed by atoms with Crippen molar-refractivity contribution >= 4 is 11.3 Å². The van der Waals surface area contributed by atoms with Gasteiger partial charge in [0.2, 0.25) is 0 Å². The van der Waals surface area contributed by atoms with Crippen molar-refractivity contribution in [2.45, 2.75) is 38.5 Å². The van der Waals surface area contributed by atoms with E-state index in [-0.39, 0.29) is 0 Å². The fraction of sp³-hybridized carbons (Fsp3) is 0.733. The lowest BCUT2D eigenvalue weighted by Gasteiger charge is -2.37. The van der Waals surface area contributed by atoms with Crippen LogP contribution in [0.1, 0.15) is 43.4 Å². The smallest absolute Gasteiger partial charge is 0.0477 e. The second-order valence-corrected chi connectivity index (χ2v) is 6.34. The Morgan fingerprint density at radius 3 is 3.00 bits per heavy atom. The van der Waals surface area contributed by atoms with Crippen molar-refractivity contribution in [1.82, 2.24) is 4.90 Å². The van der Waals surface area contributed by atoms with Crippen molar-refractivity contribution in [3.63, 3.8) is 0 Å². The molecule has 0 bridgehead atoms. The highest BCUT2D eigenvalue weighted by atomic mass is 32.1. The van der Waals surface area contributed by atoms with Gasteiger partial charge in [-0.2, -0.15) is 0 Å². The van der Waals surface area contributed by atoms with E-state index in [1.54, 1.807) is 0 Å². The molecule has 1 saturated heterocycles. The zero-order valence-electron chi connectivity index (χ0n) is 11.3. The van der Waals surface area contributed by atoms with Gasteiger partial charge in [-0.15, -0.1) is 11.3 Å². The van der Waals surface area contributed by atoms with Crippen molar-refractivity contribution in [2.75, 3.05) is 26.2 Å². The molecule has 2 rings (SSSR count). The van der Waals surface area contributed by atoms with Gasteiger partial charge in [-0.05, 0) is 37.4 Å². The molecule has 2 nitrogen and oxygen atoms in total. The number of aliphatic hydroxyl groups is 1. The minimum absolute atomic E-state index is 0.326. The van der Waals surface area contributed by atoms with Gasteiger partial charge in [0.05, 0.1) is 0 Å². The van der Waals surface area contributed by atoms with Crippen molar-refractivity contribution < 1.29 is 5.11 Å². The summed E-state index contributed by atoms with van der Waals surface area (Å²) in [4.78, 5) is 4.00. The minimum Gasteiger partial charge on any atom is -0.396 e. The highest BCUT2D eigenvalue weighted by Crippen LogP contribution is 2.35.